The van der Waals surface area contributed by atoms with Crippen LogP contribution >= 0.6 is 49.1 Å². The Morgan fingerprint density at radius 2 is 1.12 bits per heavy atom. The van der Waals surface area contributed by atoms with E-state index in [-0.39, 0.29) is 35.0 Å². The van der Waals surface area contributed by atoms with Gasteiger partial charge in [-0.15, -0.1) is 0 Å². The number of carbonyl (C=O) groups excluding carboxylic acids is 2. The highest BCUT2D eigenvalue weighted by molar-refractivity contribution is 7.70. The molecule has 0 spiro atoms. The first-order chi connectivity index (χ1) is 31.6. The van der Waals surface area contributed by atoms with Crippen LogP contribution in [0.3, 0.4) is 0 Å². The molecule has 14 nitrogen and oxygen atoms in total. The molecule has 4 aromatic carbocycles. The van der Waals surface area contributed by atoms with E-state index < -0.39 is 37.1 Å². The van der Waals surface area contributed by atoms with Crippen LogP contribution in [0, 0.1) is 11.6 Å². The third-order valence-electron chi connectivity index (χ3n) is 9.13. The molecule has 0 saturated carbocycles. The molecule has 0 saturated heterocycles. The molecular weight excluding hydrogens is 967 g/mol. The Hall–Kier alpha value is -6.15. The van der Waals surface area contributed by atoms with Crippen LogP contribution in [0.15, 0.2) is 111 Å². The van der Waals surface area contributed by atoms with Crippen molar-refractivity contribution in [3.05, 3.63) is 155 Å². The number of methoxy groups -OCH3 is 2. The maximum absolute atomic E-state index is 14.3. The summed E-state index contributed by atoms with van der Waals surface area (Å²) < 4.78 is 63.8. The fraction of sp³-hybridized carbons (Fsp3) is 0.174. The Morgan fingerprint density at radius 1 is 0.701 bits per heavy atom. The number of nitrogens with one attached hydrogen (secondary N) is 3. The minimum Gasteiger partial charge on any atom is -0.496 e. The molecule has 0 aliphatic heterocycles. The molecule has 6 rings (SSSR count). The molecule has 0 bridgehead atoms. The first-order valence-corrected chi connectivity index (χ1v) is 26.0. The van der Waals surface area contributed by atoms with E-state index in [1.807, 2.05) is 36.4 Å². The van der Waals surface area contributed by atoms with Gasteiger partial charge in [0.15, 0.2) is 11.6 Å². The Labute approximate surface area is 402 Å². The van der Waals surface area contributed by atoms with Crippen molar-refractivity contribution in [1.29, 1.82) is 0 Å². The lowest BCUT2D eigenvalue weighted by atomic mass is 10.1. The van der Waals surface area contributed by atoms with E-state index in [0.29, 0.717) is 67.2 Å². The zero-order valence-electron chi connectivity index (χ0n) is 37.2. The Kier molecular flexibility index (Phi) is 19.2. The van der Waals surface area contributed by atoms with Gasteiger partial charge in [-0.3, -0.25) is 9.59 Å². The van der Waals surface area contributed by atoms with Crippen LogP contribution in [0.2, 0.25) is 10.0 Å². The van der Waals surface area contributed by atoms with Crippen molar-refractivity contribution < 1.29 is 37.0 Å². The summed E-state index contributed by atoms with van der Waals surface area (Å²) in [6.45, 7) is 13.2. The molecule has 352 valence electrons. The second-order valence-corrected chi connectivity index (χ2v) is 22.4. The van der Waals surface area contributed by atoms with Crippen molar-refractivity contribution in [2.75, 3.05) is 62.6 Å². The molecular formula is C46H47Cl3F2N8O6P2. The van der Waals surface area contributed by atoms with Crippen LogP contribution in [0.1, 0.15) is 22.8 Å². The number of hydrogen-bond donors (Lipinski definition) is 4. The first kappa shape index (κ1) is 53.5. The predicted molar refractivity (Wildman–Crippen MR) is 268 cm³/mol. The van der Waals surface area contributed by atoms with Crippen molar-refractivity contribution >= 4 is 105 Å². The average Bonchev–Trinajstić information content (AvgIpc) is 3.28. The maximum Gasteiger partial charge on any atom is 0.247 e. The topological polar surface area (TPSA) is 200 Å². The van der Waals surface area contributed by atoms with E-state index in [2.05, 4.69) is 49.0 Å². The Bertz CT molecular complexity index is 2900. The number of aromatic nitrogens is 4. The SMILES string of the molecule is C=CC(=O)Cl.C=CC(=O)Nc1cc(Cc2ncc(Cl)c(Nc3ccccc3P(C)(C)=O)n2)c(OC)cc1F.COc1cc(F)c(N)cc1Cc1ncc(Cl)c(Nc2ccccc2P(C)(C)=O)n1. The van der Waals surface area contributed by atoms with Gasteiger partial charge in [0.05, 0.1) is 49.4 Å². The molecule has 5 N–H and O–H groups in total. The lowest BCUT2D eigenvalue weighted by Gasteiger charge is -2.16. The number of halogens is 5. The maximum atomic E-state index is 14.3. The number of nitrogens with two attached hydrogens (primary N) is 1. The van der Waals surface area contributed by atoms with Gasteiger partial charge < -0.3 is 40.3 Å². The van der Waals surface area contributed by atoms with E-state index in [0.717, 1.165) is 12.2 Å². The molecule has 21 heteroatoms. The summed E-state index contributed by atoms with van der Waals surface area (Å²) >= 11 is 17.3. The summed E-state index contributed by atoms with van der Waals surface area (Å²) in [7, 11) is -2.19. The van der Waals surface area contributed by atoms with Crippen LogP contribution in [-0.4, -0.2) is 72.0 Å². The first-order valence-electron chi connectivity index (χ1n) is 19.7. The summed E-state index contributed by atoms with van der Waals surface area (Å²) in [6, 6.07) is 19.9. The van der Waals surface area contributed by atoms with Crippen molar-refractivity contribution in [2.45, 2.75) is 12.8 Å². The smallest absolute Gasteiger partial charge is 0.247 e. The normalized spacial score (nSPS) is 10.9. The second kappa shape index (κ2) is 24.0. The lowest BCUT2D eigenvalue weighted by Crippen LogP contribution is -2.11. The number of nitrogen functional groups attached to an aromatic ring is 1. The third kappa shape index (κ3) is 15.5. The number of benzene rings is 4. The van der Waals surface area contributed by atoms with Crippen LogP contribution in [-0.2, 0) is 31.6 Å². The number of carbonyl (C=O) groups is 2. The monoisotopic (exact) mass is 1010 g/mol. The van der Waals surface area contributed by atoms with Gasteiger partial charge in [0.25, 0.3) is 0 Å². The predicted octanol–water partition coefficient (Wildman–Crippen LogP) is 10.4. The highest BCUT2D eigenvalue weighted by atomic mass is 35.5. The van der Waals surface area contributed by atoms with E-state index in [1.165, 1.54) is 50.9 Å². The highest BCUT2D eigenvalue weighted by Gasteiger charge is 2.20. The molecule has 0 unspecified atom stereocenters. The molecule has 1 amide bonds. The van der Waals surface area contributed by atoms with Crippen molar-refractivity contribution in [1.82, 2.24) is 19.9 Å². The number of anilines is 6. The highest BCUT2D eigenvalue weighted by Crippen LogP contribution is 2.40. The molecule has 67 heavy (non-hydrogen) atoms. The molecule has 6 aromatic rings. The Balaban J connectivity index is 0.000000267. The van der Waals surface area contributed by atoms with Gasteiger partial charge in [-0.1, -0.05) is 60.6 Å². The zero-order chi connectivity index (χ0) is 49.6. The minimum atomic E-state index is -2.55. The average molecular weight is 1010 g/mol. The number of nitrogens with zero attached hydrogens (tertiary/aromatic N) is 4. The van der Waals surface area contributed by atoms with Gasteiger partial charge in [0, 0.05) is 46.7 Å². The molecule has 0 atom stereocenters. The van der Waals surface area contributed by atoms with Crippen LogP contribution in [0.25, 0.3) is 0 Å². The second-order valence-electron chi connectivity index (χ2n) is 14.8. The van der Waals surface area contributed by atoms with Gasteiger partial charge in [0.1, 0.15) is 59.1 Å². The van der Waals surface area contributed by atoms with E-state index in [9.17, 15) is 27.5 Å². The molecule has 2 aromatic heterocycles. The van der Waals surface area contributed by atoms with Gasteiger partial charge in [-0.05, 0) is 86.8 Å². The number of para-hydroxylation sites is 2. The van der Waals surface area contributed by atoms with E-state index in [4.69, 9.17) is 50.0 Å². The van der Waals surface area contributed by atoms with Crippen molar-refractivity contribution in [2.24, 2.45) is 0 Å². The Morgan fingerprint density at radius 3 is 1.52 bits per heavy atom. The number of allylic oxidation sites excluding steroid dienone is 1. The van der Waals surface area contributed by atoms with E-state index >= 15 is 0 Å². The fourth-order valence-corrected chi connectivity index (χ4v) is 8.59. The summed E-state index contributed by atoms with van der Waals surface area (Å²) in [6.07, 6.45) is 5.46. The van der Waals surface area contributed by atoms with Crippen molar-refractivity contribution in [3.63, 3.8) is 0 Å². The standard InChI is InChI=1S/C23H23ClFN4O3P.C20H21ClFN4O2P.C3H3ClO/c1-5-22(30)27-18-10-14(19(32-2)12-16(18)25)11-21-26-13-15(24)23(29-21)28-17-8-6-7-9-20(17)33(3,4)31;1-28-17-10-14(22)15(23)8-12(17)9-19-24-11-13(21)20(26-19)25-16-6-4-5-7-18(16)29(2,3)27;1-2-3(4)5/h5-10,12-13H,1,11H2,2-4H3,(H,27,30)(H,26,28,29);4-8,10-11H,9,23H2,1-3H3,(H,24,25,26);2H,1H2. The molecule has 2 heterocycles. The van der Waals surface area contributed by atoms with Crippen molar-refractivity contribution in [3.8, 4) is 11.5 Å². The molecule has 0 fully saturated rings. The third-order valence-corrected chi connectivity index (χ3v) is 12.9. The van der Waals surface area contributed by atoms with Gasteiger partial charge in [0.2, 0.25) is 11.1 Å². The summed E-state index contributed by atoms with van der Waals surface area (Å²) in [4.78, 5) is 38.6. The zero-order valence-corrected chi connectivity index (χ0v) is 41.2. The summed E-state index contributed by atoms with van der Waals surface area (Å²) in [5.41, 5.74) is 8.18. The van der Waals surface area contributed by atoms with E-state index in [1.54, 1.807) is 38.8 Å². The molecule has 0 aliphatic rings. The van der Waals surface area contributed by atoms with Crippen LogP contribution in [0.4, 0.5) is 43.2 Å². The van der Waals surface area contributed by atoms with Crippen LogP contribution in [0.5, 0.6) is 11.5 Å². The molecule has 0 aliphatic carbocycles. The number of rotatable bonds is 15. The quantitative estimate of drug-likeness (QED) is 0.0328. The number of hydrogen-bond acceptors (Lipinski definition) is 13. The van der Waals surface area contributed by atoms with Gasteiger partial charge in [-0.25, -0.2) is 28.7 Å². The minimum absolute atomic E-state index is 0.0152. The molecule has 0 radical (unpaired) electrons. The lowest BCUT2D eigenvalue weighted by molar-refractivity contribution is -0.112. The fourth-order valence-electron chi connectivity index (χ4n) is 6.00. The summed E-state index contributed by atoms with van der Waals surface area (Å²) in [5, 5.41) is 10.2. The van der Waals surface area contributed by atoms with Gasteiger partial charge in [-0.2, -0.15) is 0 Å². The number of ether oxygens (including phenoxy) is 2. The largest absolute Gasteiger partial charge is 0.496 e. The number of amides is 1. The summed E-state index contributed by atoms with van der Waals surface area (Å²) in [5.74, 6) is 0.428. The van der Waals surface area contributed by atoms with Gasteiger partial charge >= 0.3 is 0 Å². The van der Waals surface area contributed by atoms with Crippen LogP contribution < -0.4 is 41.8 Å².